The zero-order valence-electron chi connectivity index (χ0n) is 20.7. The highest BCUT2D eigenvalue weighted by atomic mass is 16.4. The molecule has 1 aromatic rings. The van der Waals surface area contributed by atoms with Crippen LogP contribution in [0, 0.1) is 5.89 Å². The molecule has 0 fully saturated rings. The maximum absolute atomic E-state index is 11.5. The van der Waals surface area contributed by atoms with Crippen LogP contribution >= 0.6 is 0 Å². The average Bonchev–Trinajstić information content (AvgIpc) is 2.52. The molecule has 0 bridgehead atoms. The average molecular weight is 219 g/mol. The summed E-state index contributed by atoms with van der Waals surface area (Å²) in [7, 11) is 0. The van der Waals surface area contributed by atoms with Gasteiger partial charge in [-0.05, 0) is 30.2 Å². The van der Waals surface area contributed by atoms with Crippen molar-refractivity contribution >= 4 is 5.97 Å². The fourth-order valence-corrected chi connectivity index (χ4v) is 0.881. The van der Waals surface area contributed by atoms with E-state index in [-0.39, 0.29) is 0 Å². The second-order valence-corrected chi connectivity index (χ2v) is 2.69. The van der Waals surface area contributed by atoms with Gasteiger partial charge in [-0.1, -0.05) is 38.0 Å². The van der Waals surface area contributed by atoms with Gasteiger partial charge in [0.1, 0.15) is 0 Å². The Labute approximate surface area is 109 Å². The minimum absolute atomic E-state index is 0.658. The van der Waals surface area contributed by atoms with E-state index in [1.54, 1.807) is 0 Å². The molecule has 1 aromatic carbocycles. The Hall–Kier alpha value is -1.31. The minimum Gasteiger partial charge on any atom is -0.481 e. The van der Waals surface area contributed by atoms with Crippen LogP contribution in [0.25, 0.3) is 0 Å². The summed E-state index contributed by atoms with van der Waals surface area (Å²) in [5.41, 5.74) is -1.70. The van der Waals surface area contributed by atoms with Crippen LogP contribution < -0.4 is 0 Å². The third-order valence-electron chi connectivity index (χ3n) is 1.52. The topological polar surface area (TPSA) is 37.3 Å². The molecule has 2 nitrogen and oxygen atoms in total. The molecule has 0 aliphatic carbocycles. The normalized spacial score (nSPS) is 34.0. The molecule has 0 heterocycles. The van der Waals surface area contributed by atoms with Crippen molar-refractivity contribution in [1.29, 1.82) is 0 Å². The second kappa shape index (κ2) is 4.96. The van der Waals surface area contributed by atoms with Gasteiger partial charge in [0.15, 0.2) is 0 Å². The van der Waals surface area contributed by atoms with Gasteiger partial charge in [0.2, 0.25) is 0 Å². The summed E-state index contributed by atoms with van der Waals surface area (Å²) >= 11 is 0. The Bertz CT molecular complexity index is 769. The van der Waals surface area contributed by atoms with Gasteiger partial charge in [-0.25, -0.2) is 0 Å². The predicted octanol–water partition coefficient (Wildman–Crippen LogP) is 3.07. The van der Waals surface area contributed by atoms with E-state index in [1.165, 1.54) is 0 Å². The molecule has 1 rings (SSSR count). The molecule has 2 unspecified atom stereocenters. The first-order chi connectivity index (χ1) is 12.3. The first-order valence-corrected chi connectivity index (χ1v) is 3.94. The molecule has 0 spiro atoms. The van der Waals surface area contributed by atoms with Crippen LogP contribution in [0.4, 0.5) is 0 Å². The van der Waals surface area contributed by atoms with Gasteiger partial charge in [0.05, 0.1) is 8.64 Å². The van der Waals surface area contributed by atoms with Crippen molar-refractivity contribution in [2.45, 2.75) is 32.9 Å². The van der Waals surface area contributed by atoms with Gasteiger partial charge in [0, 0.05) is 15.1 Å². The molecule has 0 saturated carbocycles. The van der Waals surface area contributed by atoms with E-state index in [4.69, 9.17) is 17.8 Å². The van der Waals surface area contributed by atoms with Crippen molar-refractivity contribution in [3.8, 4) is 0 Å². The largest absolute Gasteiger partial charge is 0.481 e. The molecule has 82 valence electrons. The van der Waals surface area contributed by atoms with Crippen molar-refractivity contribution in [1.82, 2.24) is 0 Å². The minimum atomic E-state index is -3.43. The summed E-state index contributed by atoms with van der Waals surface area (Å²) in [6, 6.07) is -0.796. The zero-order chi connectivity index (χ0) is 22.5. The molecule has 0 saturated heterocycles. The summed E-state index contributed by atoms with van der Waals surface area (Å²) in [5.74, 6) is -8.44. The first-order valence-electron chi connectivity index (χ1n) is 10.6. The molecule has 2 atom stereocenters. The molecular weight excluding hydrogens is 188 g/mol. The van der Waals surface area contributed by atoms with Crippen molar-refractivity contribution in [2.75, 3.05) is 0 Å². The highest BCUT2D eigenvalue weighted by Gasteiger charge is 2.12. The maximum Gasteiger partial charge on any atom is 0.310 e. The molecule has 2 heteroatoms. The van der Waals surface area contributed by atoms with Gasteiger partial charge in [0.25, 0.3) is 0 Å². The fraction of sp³-hybridized carbons (Fsp3) is 0.462. The van der Waals surface area contributed by atoms with E-state index in [0.717, 1.165) is 0 Å². The predicted molar refractivity (Wildman–Crippen MR) is 61.0 cm³/mol. The Morgan fingerprint density at radius 2 is 2.53 bits per heavy atom. The lowest BCUT2D eigenvalue weighted by Crippen LogP contribution is -2.07. The number of carboxylic acid groups (broad SMARTS) is 1. The standard InChI is InChI=1S/C13H18O2/c1-9(2)8-11-4-6-12(7-5-11)10(3)13(14)15/h4-7,9-10H,8H2,1-3H3,(H,14,15)/i1D,2D3,3D3,4D,6D,8D2,9D,10D. The van der Waals surface area contributed by atoms with Gasteiger partial charge in [-0.2, -0.15) is 0 Å². The first kappa shape index (κ1) is 3.09. The van der Waals surface area contributed by atoms with E-state index >= 15 is 0 Å². The molecule has 1 N–H and O–H groups in total. The Balaban J connectivity index is 3.80. The monoisotopic (exact) mass is 219 g/mol. The Morgan fingerprint density at radius 3 is 3.13 bits per heavy atom. The quantitative estimate of drug-likeness (QED) is 0.845. The third kappa shape index (κ3) is 3.39. The fourth-order valence-electron chi connectivity index (χ4n) is 0.881. The Kier molecular flexibility index (Phi) is 1.02. The van der Waals surface area contributed by atoms with Gasteiger partial charge in [-0.15, -0.1) is 0 Å². The maximum atomic E-state index is 11.5. The third-order valence-corrected chi connectivity index (χ3v) is 1.52. The van der Waals surface area contributed by atoms with Gasteiger partial charge < -0.3 is 5.11 Å². The van der Waals surface area contributed by atoms with Crippen LogP contribution in [0.15, 0.2) is 24.2 Å². The summed E-state index contributed by atoms with van der Waals surface area (Å²) in [6.07, 6.45) is -3.14. The zero-order valence-corrected chi connectivity index (χ0v) is 7.72. The number of hydrogen-bond acceptors (Lipinski definition) is 1. The van der Waals surface area contributed by atoms with Crippen molar-refractivity contribution in [2.24, 2.45) is 5.89 Å². The Morgan fingerprint density at radius 1 is 1.67 bits per heavy atom. The highest BCUT2D eigenvalue weighted by Crippen LogP contribution is 2.17. The molecule has 0 amide bonds. The smallest absolute Gasteiger partial charge is 0.310 e. The molecule has 15 heavy (non-hydrogen) atoms. The summed E-state index contributed by atoms with van der Waals surface area (Å²) in [6.45, 7) is -7.91. The van der Waals surface area contributed by atoms with Crippen LogP contribution in [0.2, 0.25) is 0 Å². The number of carbonyl (C=O) groups is 1. The van der Waals surface area contributed by atoms with E-state index in [0.29, 0.717) is 12.1 Å². The summed E-state index contributed by atoms with van der Waals surface area (Å²) < 4.78 is 99.4. The lowest BCUT2D eigenvalue weighted by atomic mass is 9.97. The number of hydrogen-bond donors (Lipinski definition) is 1. The van der Waals surface area contributed by atoms with Crippen LogP contribution in [-0.2, 0) is 11.2 Å². The molecule has 0 aliphatic heterocycles. The molecule has 0 radical (unpaired) electrons. The van der Waals surface area contributed by atoms with Gasteiger partial charge in [-0.3, -0.25) is 4.79 Å². The summed E-state index contributed by atoms with van der Waals surface area (Å²) in [5, 5.41) is 9.24. The molecule has 0 aliphatic rings. The lowest BCUT2D eigenvalue weighted by Gasteiger charge is -2.09. The number of carboxylic acids is 1. The van der Waals surface area contributed by atoms with Gasteiger partial charge >= 0.3 is 5.97 Å². The van der Waals surface area contributed by atoms with Crippen molar-refractivity contribution in [3.63, 3.8) is 0 Å². The van der Waals surface area contributed by atoms with E-state index in [1.807, 2.05) is 0 Å². The van der Waals surface area contributed by atoms with Crippen molar-refractivity contribution in [3.05, 3.63) is 35.3 Å². The molecular formula is C13H18O2. The summed E-state index contributed by atoms with van der Waals surface area (Å²) in [4.78, 5) is 11.5. The number of rotatable bonds is 4. The SMILES string of the molecule is [2H]CC([2H])(C([2H])([2H])[2H])C([2H])([2H])c1ccc(C([2H])(C(=O)O)C([2H])([2H])[2H])c([2H])c1[2H]. The van der Waals surface area contributed by atoms with Crippen LogP contribution in [-0.4, -0.2) is 11.1 Å². The van der Waals surface area contributed by atoms with Crippen LogP contribution in [0.3, 0.4) is 0 Å². The van der Waals surface area contributed by atoms with E-state index in [9.17, 15) is 9.90 Å². The second-order valence-electron chi connectivity index (χ2n) is 2.69. The van der Waals surface area contributed by atoms with Crippen LogP contribution in [0.1, 0.15) is 55.4 Å². The number of aliphatic carboxylic acids is 1. The van der Waals surface area contributed by atoms with E-state index in [2.05, 4.69) is 0 Å². The highest BCUT2D eigenvalue weighted by molar-refractivity contribution is 5.75. The molecule has 0 aromatic heterocycles. The van der Waals surface area contributed by atoms with Crippen molar-refractivity contribution < 1.29 is 27.7 Å². The van der Waals surface area contributed by atoms with E-state index < -0.39 is 67.9 Å². The van der Waals surface area contributed by atoms with Crippen LogP contribution in [0.5, 0.6) is 0 Å². The number of benzene rings is 1. The lowest BCUT2D eigenvalue weighted by molar-refractivity contribution is -0.138.